The topological polar surface area (TPSA) is 81.1 Å². The van der Waals surface area contributed by atoms with Crippen molar-refractivity contribution in [1.82, 2.24) is 5.43 Å². The van der Waals surface area contributed by atoms with Crippen molar-refractivity contribution in [2.45, 2.75) is 17.1 Å². The molecule has 21 heavy (non-hydrogen) atoms. The summed E-state index contributed by atoms with van der Waals surface area (Å²) in [5, 5.41) is 0.663. The Bertz CT molecular complexity index is 631. The molecule has 0 aliphatic carbocycles. The second-order valence-electron chi connectivity index (χ2n) is 4.54. The Morgan fingerprint density at radius 1 is 1.14 bits per heavy atom. The van der Waals surface area contributed by atoms with Crippen molar-refractivity contribution in [2.75, 3.05) is 5.73 Å². The molecule has 5 N–H and O–H groups in total. The van der Waals surface area contributed by atoms with Gasteiger partial charge < -0.3 is 5.73 Å². The summed E-state index contributed by atoms with van der Waals surface area (Å²) >= 11 is 7.78. The molecule has 2 aromatic carbocycles. The summed E-state index contributed by atoms with van der Waals surface area (Å²) in [7, 11) is 0. The van der Waals surface area contributed by atoms with Crippen LogP contribution in [0.1, 0.15) is 11.1 Å². The van der Waals surface area contributed by atoms with Gasteiger partial charge >= 0.3 is 0 Å². The van der Waals surface area contributed by atoms with Crippen LogP contribution in [0.15, 0.2) is 47.4 Å². The van der Waals surface area contributed by atoms with Crippen LogP contribution in [0.5, 0.6) is 0 Å². The lowest BCUT2D eigenvalue weighted by atomic mass is 10.1. The van der Waals surface area contributed by atoms with Gasteiger partial charge in [-0.3, -0.25) is 10.2 Å². The number of nitrogens with one attached hydrogen (secondary N) is 1. The molecule has 0 aliphatic heterocycles. The van der Waals surface area contributed by atoms with E-state index in [1.165, 1.54) is 0 Å². The van der Waals surface area contributed by atoms with E-state index in [1.54, 1.807) is 17.8 Å². The maximum atomic E-state index is 11.2. The van der Waals surface area contributed by atoms with Gasteiger partial charge in [-0.1, -0.05) is 35.9 Å². The van der Waals surface area contributed by atoms with Gasteiger partial charge in [-0.25, -0.2) is 5.84 Å². The van der Waals surface area contributed by atoms with Crippen LogP contribution in [-0.2, 0) is 17.0 Å². The minimum absolute atomic E-state index is 0.203. The third-order valence-corrected chi connectivity index (χ3v) is 4.47. The van der Waals surface area contributed by atoms with Crippen molar-refractivity contribution in [3.8, 4) is 0 Å². The Balaban J connectivity index is 1.96. The van der Waals surface area contributed by atoms with Gasteiger partial charge in [-0.05, 0) is 29.3 Å². The molecule has 0 fully saturated rings. The number of hydrogen-bond acceptors (Lipinski definition) is 4. The smallest absolute Gasteiger partial charge is 0.238 e. The number of carbonyl (C=O) groups excluding carboxylic acids is 1. The third kappa shape index (κ3) is 4.67. The summed E-state index contributed by atoms with van der Waals surface area (Å²) in [5.74, 6) is 5.66. The standard InChI is InChI=1S/C15H16ClN3OS/c16-13-8-12(17)5-6-14(13)21-9-11-3-1-10(2-4-11)7-15(20)19-18/h1-6,8H,7,9,17-18H2,(H,19,20). The summed E-state index contributed by atoms with van der Waals surface area (Å²) < 4.78 is 0. The van der Waals surface area contributed by atoms with Crippen molar-refractivity contribution >= 4 is 35.0 Å². The van der Waals surface area contributed by atoms with Crippen LogP contribution in [0.2, 0.25) is 5.02 Å². The SMILES string of the molecule is NNC(=O)Cc1ccc(CSc2ccc(N)cc2Cl)cc1. The molecule has 6 heteroatoms. The van der Waals surface area contributed by atoms with Crippen LogP contribution in [0.3, 0.4) is 0 Å². The van der Waals surface area contributed by atoms with Gasteiger partial charge in [-0.15, -0.1) is 11.8 Å². The van der Waals surface area contributed by atoms with Crippen molar-refractivity contribution in [3.05, 3.63) is 58.6 Å². The monoisotopic (exact) mass is 321 g/mol. The Morgan fingerprint density at radius 2 is 1.81 bits per heavy atom. The van der Waals surface area contributed by atoms with Crippen molar-refractivity contribution in [1.29, 1.82) is 0 Å². The highest BCUT2D eigenvalue weighted by atomic mass is 35.5. The van der Waals surface area contributed by atoms with Crippen LogP contribution in [-0.4, -0.2) is 5.91 Å². The Morgan fingerprint density at radius 3 is 2.43 bits per heavy atom. The fourth-order valence-corrected chi connectivity index (χ4v) is 3.01. The summed E-state index contributed by atoms with van der Waals surface area (Å²) in [6.07, 6.45) is 0.285. The minimum Gasteiger partial charge on any atom is -0.399 e. The molecule has 0 atom stereocenters. The number of hydrazine groups is 1. The lowest BCUT2D eigenvalue weighted by molar-refractivity contribution is -0.120. The van der Waals surface area contributed by atoms with E-state index >= 15 is 0 Å². The zero-order valence-corrected chi connectivity index (χ0v) is 12.9. The van der Waals surface area contributed by atoms with Crippen molar-refractivity contribution in [3.63, 3.8) is 0 Å². The molecule has 0 heterocycles. The van der Waals surface area contributed by atoms with Gasteiger partial charge in [-0.2, -0.15) is 0 Å². The number of amides is 1. The van der Waals surface area contributed by atoms with Gasteiger partial charge in [0.15, 0.2) is 0 Å². The van der Waals surface area contributed by atoms with Crippen molar-refractivity contribution < 1.29 is 4.79 Å². The van der Waals surface area contributed by atoms with E-state index in [-0.39, 0.29) is 12.3 Å². The molecule has 0 radical (unpaired) electrons. The second kappa shape index (κ2) is 7.36. The quantitative estimate of drug-likeness (QED) is 0.260. The normalized spacial score (nSPS) is 10.4. The minimum atomic E-state index is -0.203. The van der Waals surface area contributed by atoms with Gasteiger partial charge in [0.1, 0.15) is 0 Å². The molecular weight excluding hydrogens is 306 g/mol. The second-order valence-corrected chi connectivity index (χ2v) is 5.96. The molecule has 0 aromatic heterocycles. The highest BCUT2D eigenvalue weighted by Crippen LogP contribution is 2.31. The molecule has 0 aliphatic rings. The summed E-state index contributed by atoms with van der Waals surface area (Å²) in [5.41, 5.74) is 10.5. The fourth-order valence-electron chi connectivity index (χ4n) is 1.78. The highest BCUT2D eigenvalue weighted by Gasteiger charge is 2.04. The first-order valence-corrected chi connectivity index (χ1v) is 7.70. The lowest BCUT2D eigenvalue weighted by Gasteiger charge is -2.06. The van der Waals surface area contributed by atoms with Gasteiger partial charge in [0, 0.05) is 16.3 Å². The van der Waals surface area contributed by atoms with E-state index in [4.69, 9.17) is 23.2 Å². The largest absolute Gasteiger partial charge is 0.399 e. The molecule has 0 saturated carbocycles. The molecule has 0 bridgehead atoms. The number of rotatable bonds is 5. The summed E-state index contributed by atoms with van der Waals surface area (Å²) in [4.78, 5) is 12.2. The van der Waals surface area contributed by atoms with Crippen LogP contribution >= 0.6 is 23.4 Å². The molecule has 0 saturated heterocycles. The van der Waals surface area contributed by atoms with E-state index in [9.17, 15) is 4.79 Å². The molecule has 110 valence electrons. The molecule has 0 unspecified atom stereocenters. The average Bonchev–Trinajstić information content (AvgIpc) is 2.48. The summed E-state index contributed by atoms with van der Waals surface area (Å²) in [6.45, 7) is 0. The number of hydrogen-bond donors (Lipinski definition) is 3. The van der Waals surface area contributed by atoms with Crippen LogP contribution in [0.4, 0.5) is 5.69 Å². The number of carbonyl (C=O) groups is 1. The van der Waals surface area contributed by atoms with Gasteiger partial charge in [0.05, 0.1) is 11.4 Å². The molecular formula is C15H16ClN3OS. The van der Waals surface area contributed by atoms with Crippen LogP contribution in [0.25, 0.3) is 0 Å². The lowest BCUT2D eigenvalue weighted by Crippen LogP contribution is -2.31. The zero-order chi connectivity index (χ0) is 15.2. The van der Waals surface area contributed by atoms with E-state index in [2.05, 4.69) is 5.43 Å². The number of benzene rings is 2. The first-order valence-electron chi connectivity index (χ1n) is 6.33. The highest BCUT2D eigenvalue weighted by molar-refractivity contribution is 7.98. The van der Waals surface area contributed by atoms with Crippen LogP contribution in [0, 0.1) is 0 Å². The van der Waals surface area contributed by atoms with Gasteiger partial charge in [0.2, 0.25) is 5.91 Å². The number of nitrogen functional groups attached to an aromatic ring is 1. The average molecular weight is 322 g/mol. The van der Waals surface area contributed by atoms with Gasteiger partial charge in [0.25, 0.3) is 0 Å². The van der Waals surface area contributed by atoms with Crippen LogP contribution < -0.4 is 17.0 Å². The predicted octanol–water partition coefficient (Wildman–Crippen LogP) is 2.75. The maximum Gasteiger partial charge on any atom is 0.238 e. The van der Waals surface area contributed by atoms with E-state index in [1.807, 2.05) is 36.4 Å². The predicted molar refractivity (Wildman–Crippen MR) is 87.9 cm³/mol. The Hall–Kier alpha value is -1.69. The van der Waals surface area contributed by atoms with E-state index in [0.717, 1.165) is 21.8 Å². The van der Waals surface area contributed by atoms with E-state index < -0.39 is 0 Å². The molecule has 1 amide bonds. The zero-order valence-electron chi connectivity index (χ0n) is 11.3. The number of nitrogens with two attached hydrogens (primary N) is 2. The number of thioether (sulfide) groups is 1. The first-order chi connectivity index (χ1) is 10.1. The number of halogens is 1. The maximum absolute atomic E-state index is 11.2. The molecule has 2 rings (SSSR count). The van der Waals surface area contributed by atoms with Crippen molar-refractivity contribution in [2.24, 2.45) is 5.84 Å². The number of anilines is 1. The molecule has 0 spiro atoms. The molecule has 2 aromatic rings. The Labute approximate surface area is 132 Å². The third-order valence-electron chi connectivity index (χ3n) is 2.90. The fraction of sp³-hybridized carbons (Fsp3) is 0.133. The van der Waals surface area contributed by atoms with E-state index in [0.29, 0.717) is 10.7 Å². The first kappa shape index (κ1) is 15.7. The molecule has 4 nitrogen and oxygen atoms in total. The summed E-state index contributed by atoms with van der Waals surface area (Å²) in [6, 6.07) is 13.4. The Kier molecular flexibility index (Phi) is 5.50.